The number of benzene rings is 1. The Kier molecular flexibility index (Phi) is 6.30. The Balaban J connectivity index is 1.87. The lowest BCUT2D eigenvalue weighted by Crippen LogP contribution is -2.39. The van der Waals surface area contributed by atoms with Gasteiger partial charge in [-0.05, 0) is 38.1 Å². The average Bonchev–Trinajstić information content (AvgIpc) is 3.03. The van der Waals surface area contributed by atoms with E-state index in [9.17, 15) is 17.6 Å². The van der Waals surface area contributed by atoms with Gasteiger partial charge in [-0.3, -0.25) is 0 Å². The van der Waals surface area contributed by atoms with Gasteiger partial charge in [-0.1, -0.05) is 0 Å². The predicted molar refractivity (Wildman–Crippen MR) is 93.7 cm³/mol. The number of carbonyl (C=O) groups excluding carboxylic acids is 1. The van der Waals surface area contributed by atoms with Gasteiger partial charge in [-0.15, -0.1) is 10.2 Å². The maximum atomic E-state index is 12.9. The van der Waals surface area contributed by atoms with Gasteiger partial charge < -0.3 is 14.8 Å². The first kappa shape index (κ1) is 19.8. The number of rotatable bonds is 7. The highest BCUT2D eigenvalue weighted by Crippen LogP contribution is 2.11. The molecule has 0 aliphatic heterocycles. The molecule has 1 heterocycles. The van der Waals surface area contributed by atoms with Crippen LogP contribution in [0.5, 0.6) is 0 Å². The fourth-order valence-electron chi connectivity index (χ4n) is 2.28. The molecule has 0 aliphatic rings. The number of amides is 2. The van der Waals surface area contributed by atoms with Gasteiger partial charge in [0.2, 0.25) is 0 Å². The molecule has 0 spiro atoms. The van der Waals surface area contributed by atoms with Crippen molar-refractivity contribution in [3.63, 3.8) is 0 Å². The second kappa shape index (κ2) is 8.26. The molecule has 26 heavy (non-hydrogen) atoms. The van der Waals surface area contributed by atoms with E-state index in [0.717, 1.165) is 12.1 Å². The van der Waals surface area contributed by atoms with E-state index < -0.39 is 21.7 Å². The van der Waals surface area contributed by atoms with Gasteiger partial charge in [0.25, 0.3) is 0 Å². The fourth-order valence-corrected chi connectivity index (χ4v) is 3.44. The Labute approximate surface area is 151 Å². The standard InChI is InChI=1S/C16H22FN5O3S/c1-12(2)22-11-19-20-15(22)10-21(3)16(23)18-8-9-26(24,25)14-6-4-13(17)5-7-14/h4-7,11-12H,8-10H2,1-3H3,(H,18,23). The first-order valence-corrected chi connectivity index (χ1v) is 9.71. The zero-order valence-corrected chi connectivity index (χ0v) is 15.7. The van der Waals surface area contributed by atoms with E-state index in [1.54, 1.807) is 13.4 Å². The fraction of sp³-hybridized carbons (Fsp3) is 0.438. The highest BCUT2D eigenvalue weighted by molar-refractivity contribution is 7.91. The maximum absolute atomic E-state index is 12.9. The number of nitrogens with zero attached hydrogens (tertiary/aromatic N) is 4. The van der Waals surface area contributed by atoms with Crippen LogP contribution >= 0.6 is 0 Å². The third-order valence-corrected chi connectivity index (χ3v) is 5.48. The van der Waals surface area contributed by atoms with Crippen LogP contribution in [0.3, 0.4) is 0 Å². The first-order valence-electron chi connectivity index (χ1n) is 8.06. The Morgan fingerprint density at radius 3 is 2.58 bits per heavy atom. The van der Waals surface area contributed by atoms with Gasteiger partial charge in [0.15, 0.2) is 15.7 Å². The summed E-state index contributed by atoms with van der Waals surface area (Å²) in [5, 5.41) is 10.4. The van der Waals surface area contributed by atoms with Crippen molar-refractivity contribution in [3.8, 4) is 0 Å². The lowest BCUT2D eigenvalue weighted by Gasteiger charge is -2.19. The van der Waals surface area contributed by atoms with Gasteiger partial charge in [0.1, 0.15) is 12.1 Å². The molecule has 0 unspecified atom stereocenters. The van der Waals surface area contributed by atoms with E-state index in [1.165, 1.54) is 17.0 Å². The molecular weight excluding hydrogens is 361 g/mol. The predicted octanol–water partition coefficient (Wildman–Crippen LogP) is 1.61. The number of hydrogen-bond donors (Lipinski definition) is 1. The lowest BCUT2D eigenvalue weighted by atomic mass is 10.4. The van der Waals surface area contributed by atoms with E-state index in [2.05, 4.69) is 15.5 Å². The average molecular weight is 383 g/mol. The summed E-state index contributed by atoms with van der Waals surface area (Å²) in [5.74, 6) is -0.148. The quantitative estimate of drug-likeness (QED) is 0.733. The summed E-state index contributed by atoms with van der Waals surface area (Å²) in [6.45, 7) is 4.15. The summed E-state index contributed by atoms with van der Waals surface area (Å²) < 4.78 is 39.1. The summed E-state index contributed by atoms with van der Waals surface area (Å²) in [4.78, 5) is 13.5. The van der Waals surface area contributed by atoms with Crippen LogP contribution in [-0.2, 0) is 16.4 Å². The third kappa shape index (κ3) is 5.01. The zero-order valence-electron chi connectivity index (χ0n) is 14.9. The summed E-state index contributed by atoms with van der Waals surface area (Å²) in [7, 11) is -2.01. The SMILES string of the molecule is CC(C)n1cnnc1CN(C)C(=O)NCCS(=O)(=O)c1ccc(F)cc1. The molecule has 0 saturated carbocycles. The van der Waals surface area contributed by atoms with Crippen molar-refractivity contribution in [2.75, 3.05) is 19.3 Å². The second-order valence-corrected chi connectivity index (χ2v) is 8.22. The summed E-state index contributed by atoms with van der Waals surface area (Å²) >= 11 is 0. The van der Waals surface area contributed by atoms with Gasteiger partial charge in [-0.25, -0.2) is 17.6 Å². The molecule has 1 aromatic carbocycles. The molecule has 0 atom stereocenters. The molecule has 0 bridgehead atoms. The van der Waals surface area contributed by atoms with Crippen LogP contribution in [0.25, 0.3) is 0 Å². The topological polar surface area (TPSA) is 97.2 Å². The molecule has 8 nitrogen and oxygen atoms in total. The van der Waals surface area contributed by atoms with Crippen molar-refractivity contribution in [1.29, 1.82) is 0 Å². The highest BCUT2D eigenvalue weighted by Gasteiger charge is 2.17. The summed E-state index contributed by atoms with van der Waals surface area (Å²) in [6, 6.07) is 4.33. The molecule has 142 valence electrons. The largest absolute Gasteiger partial charge is 0.337 e. The Bertz CT molecular complexity index is 849. The molecule has 2 amide bonds. The monoisotopic (exact) mass is 383 g/mol. The number of nitrogens with one attached hydrogen (secondary N) is 1. The Morgan fingerprint density at radius 1 is 1.31 bits per heavy atom. The van der Waals surface area contributed by atoms with Crippen molar-refractivity contribution in [3.05, 3.63) is 42.2 Å². The molecule has 0 fully saturated rings. The number of aromatic nitrogens is 3. The summed E-state index contributed by atoms with van der Waals surface area (Å²) in [5.41, 5.74) is 0. The molecule has 10 heteroatoms. The highest BCUT2D eigenvalue weighted by atomic mass is 32.2. The molecular formula is C16H22FN5O3S. The van der Waals surface area contributed by atoms with Crippen LogP contribution in [0.1, 0.15) is 25.7 Å². The minimum Gasteiger partial charge on any atom is -0.337 e. The minimum absolute atomic E-state index is 0.0199. The number of carbonyl (C=O) groups is 1. The van der Waals surface area contributed by atoms with Crippen molar-refractivity contribution in [1.82, 2.24) is 25.0 Å². The van der Waals surface area contributed by atoms with Gasteiger partial charge in [0, 0.05) is 19.6 Å². The van der Waals surface area contributed by atoms with Crippen LogP contribution in [0, 0.1) is 5.82 Å². The van der Waals surface area contributed by atoms with E-state index in [1.807, 2.05) is 18.4 Å². The van der Waals surface area contributed by atoms with Crippen molar-refractivity contribution in [2.45, 2.75) is 31.3 Å². The van der Waals surface area contributed by atoms with Crippen molar-refractivity contribution >= 4 is 15.9 Å². The summed E-state index contributed by atoms with van der Waals surface area (Å²) in [6.07, 6.45) is 1.60. The van der Waals surface area contributed by atoms with Gasteiger partial charge in [-0.2, -0.15) is 0 Å². The Morgan fingerprint density at radius 2 is 1.96 bits per heavy atom. The van der Waals surface area contributed by atoms with Crippen molar-refractivity contribution in [2.24, 2.45) is 0 Å². The van der Waals surface area contributed by atoms with E-state index in [4.69, 9.17) is 0 Å². The van der Waals surface area contributed by atoms with E-state index >= 15 is 0 Å². The smallest absolute Gasteiger partial charge is 0.317 e. The lowest BCUT2D eigenvalue weighted by molar-refractivity contribution is 0.205. The van der Waals surface area contributed by atoms with E-state index in [0.29, 0.717) is 5.82 Å². The molecule has 0 saturated heterocycles. The Hall–Kier alpha value is -2.49. The van der Waals surface area contributed by atoms with Crippen molar-refractivity contribution < 1.29 is 17.6 Å². The maximum Gasteiger partial charge on any atom is 0.317 e. The zero-order chi connectivity index (χ0) is 19.3. The number of sulfone groups is 1. The van der Waals surface area contributed by atoms with E-state index in [-0.39, 0.29) is 29.8 Å². The van der Waals surface area contributed by atoms with Crippen LogP contribution in [-0.4, -0.2) is 53.5 Å². The number of hydrogen-bond acceptors (Lipinski definition) is 5. The molecule has 1 N–H and O–H groups in total. The van der Waals surface area contributed by atoms with Crippen LogP contribution < -0.4 is 5.32 Å². The molecule has 2 rings (SSSR count). The van der Waals surface area contributed by atoms with Crippen LogP contribution in [0.2, 0.25) is 0 Å². The third-order valence-electron chi connectivity index (χ3n) is 3.75. The molecule has 1 aromatic heterocycles. The van der Waals surface area contributed by atoms with Gasteiger partial charge in [0.05, 0.1) is 17.2 Å². The van der Waals surface area contributed by atoms with Gasteiger partial charge >= 0.3 is 6.03 Å². The second-order valence-electron chi connectivity index (χ2n) is 6.11. The normalized spacial score (nSPS) is 11.6. The molecule has 0 radical (unpaired) electrons. The first-order chi connectivity index (χ1) is 12.2. The molecule has 0 aliphatic carbocycles. The molecule has 2 aromatic rings. The van der Waals surface area contributed by atoms with Crippen LogP contribution in [0.15, 0.2) is 35.5 Å². The number of halogens is 1. The van der Waals surface area contributed by atoms with Crippen LogP contribution in [0.4, 0.5) is 9.18 Å². The minimum atomic E-state index is -3.59. The number of urea groups is 1.